The molecule has 25 heavy (non-hydrogen) atoms. The number of carbonyl (C=O) groups is 1. The molecule has 0 radical (unpaired) electrons. The van der Waals surface area contributed by atoms with Gasteiger partial charge in [0.2, 0.25) is 0 Å². The van der Waals surface area contributed by atoms with Crippen LogP contribution in [0.4, 0.5) is 0 Å². The first-order valence-corrected chi connectivity index (χ1v) is 9.62. The van der Waals surface area contributed by atoms with E-state index in [0.717, 1.165) is 11.1 Å². The van der Waals surface area contributed by atoms with E-state index in [2.05, 4.69) is 38.1 Å². The molecule has 1 amide bonds. The number of nitrogens with zero attached hydrogens (tertiary/aromatic N) is 1. The third kappa shape index (κ3) is 3.86. The van der Waals surface area contributed by atoms with Gasteiger partial charge in [-0.3, -0.25) is 9.69 Å². The number of hydrogen-bond donors (Lipinski definition) is 0. The lowest BCUT2D eigenvalue weighted by molar-refractivity contribution is -0.123. The van der Waals surface area contributed by atoms with Crippen molar-refractivity contribution in [1.29, 1.82) is 0 Å². The molecule has 0 aliphatic carbocycles. The maximum Gasteiger partial charge on any atom is 0.266 e. The molecule has 1 fully saturated rings. The predicted molar refractivity (Wildman–Crippen MR) is 110 cm³/mol. The smallest absolute Gasteiger partial charge is 0.266 e. The number of thioether (sulfide) groups is 1. The summed E-state index contributed by atoms with van der Waals surface area (Å²) < 4.78 is 0.617. The Hall–Kier alpha value is -1.91. The zero-order valence-corrected chi connectivity index (χ0v) is 16.2. The number of hydrogen-bond acceptors (Lipinski definition) is 3. The molecule has 1 saturated heterocycles. The van der Waals surface area contributed by atoms with Gasteiger partial charge in [0.25, 0.3) is 5.91 Å². The van der Waals surface area contributed by atoms with Crippen molar-refractivity contribution in [3.8, 4) is 0 Å². The van der Waals surface area contributed by atoms with Gasteiger partial charge in [0.1, 0.15) is 4.32 Å². The van der Waals surface area contributed by atoms with Gasteiger partial charge in [-0.05, 0) is 35.6 Å². The first kappa shape index (κ1) is 17.9. The van der Waals surface area contributed by atoms with Crippen LogP contribution in [0.1, 0.15) is 49.4 Å². The molecule has 2 aromatic rings. The second kappa shape index (κ2) is 7.54. The molecule has 128 valence electrons. The number of amides is 1. The molecular weight excluding hydrogens is 346 g/mol. The quantitative estimate of drug-likeness (QED) is 0.505. The number of carbonyl (C=O) groups excluding carboxylic acids is 1. The van der Waals surface area contributed by atoms with E-state index < -0.39 is 0 Å². The Balaban J connectivity index is 1.83. The third-order valence-corrected chi connectivity index (χ3v) is 5.72. The maximum atomic E-state index is 12.9. The van der Waals surface area contributed by atoms with E-state index in [4.69, 9.17) is 12.2 Å². The van der Waals surface area contributed by atoms with Gasteiger partial charge in [-0.15, -0.1) is 0 Å². The summed E-state index contributed by atoms with van der Waals surface area (Å²) in [6, 6.07) is 18.3. The van der Waals surface area contributed by atoms with Crippen LogP contribution in [0.2, 0.25) is 0 Å². The van der Waals surface area contributed by atoms with Crippen molar-refractivity contribution in [2.75, 3.05) is 0 Å². The summed E-state index contributed by atoms with van der Waals surface area (Å²) in [7, 11) is 0. The van der Waals surface area contributed by atoms with Crippen molar-refractivity contribution in [1.82, 2.24) is 4.90 Å². The Bertz CT molecular complexity index is 810. The first-order valence-electron chi connectivity index (χ1n) is 8.39. The zero-order chi connectivity index (χ0) is 18.0. The average molecular weight is 368 g/mol. The van der Waals surface area contributed by atoms with Crippen LogP contribution in [0.15, 0.2) is 59.5 Å². The molecule has 2 nitrogen and oxygen atoms in total. The van der Waals surface area contributed by atoms with Crippen molar-refractivity contribution in [3.63, 3.8) is 0 Å². The Labute approximate surface area is 158 Å². The second-order valence-corrected chi connectivity index (χ2v) is 8.14. The second-order valence-electron chi connectivity index (χ2n) is 6.46. The first-order chi connectivity index (χ1) is 12.0. The van der Waals surface area contributed by atoms with E-state index in [-0.39, 0.29) is 11.9 Å². The molecule has 1 aliphatic heterocycles. The lowest BCUT2D eigenvalue weighted by atomic mass is 10.0. The van der Waals surface area contributed by atoms with E-state index in [1.165, 1.54) is 17.3 Å². The Morgan fingerprint density at radius 1 is 0.960 bits per heavy atom. The van der Waals surface area contributed by atoms with Crippen molar-refractivity contribution in [2.24, 2.45) is 0 Å². The highest BCUT2D eigenvalue weighted by Crippen LogP contribution is 2.38. The normalized spacial score (nSPS) is 17.6. The van der Waals surface area contributed by atoms with Crippen molar-refractivity contribution >= 4 is 40.3 Å². The van der Waals surface area contributed by atoms with E-state index in [1.54, 1.807) is 4.90 Å². The standard InChI is InChI=1S/C21H21NOS2/c1-14(2)17-11-9-16(10-12-17)13-19-20(23)22(21(24)25-19)15(3)18-7-5-4-6-8-18/h4-15H,1-3H3/b19-13-. The average Bonchev–Trinajstić information content (AvgIpc) is 2.89. The van der Waals surface area contributed by atoms with E-state index in [0.29, 0.717) is 15.1 Å². The molecule has 1 heterocycles. The van der Waals surface area contributed by atoms with Crippen LogP contribution in [0, 0.1) is 0 Å². The van der Waals surface area contributed by atoms with Gasteiger partial charge in [-0.2, -0.15) is 0 Å². The largest absolute Gasteiger partial charge is 0.286 e. The van der Waals surface area contributed by atoms with Gasteiger partial charge in [0, 0.05) is 0 Å². The van der Waals surface area contributed by atoms with Crippen molar-refractivity contribution in [3.05, 3.63) is 76.2 Å². The highest BCUT2D eigenvalue weighted by molar-refractivity contribution is 8.26. The Kier molecular flexibility index (Phi) is 5.40. The molecule has 0 saturated carbocycles. The van der Waals surface area contributed by atoms with Crippen molar-refractivity contribution < 1.29 is 4.79 Å². The number of thiocarbonyl (C=S) groups is 1. The molecule has 2 aromatic carbocycles. The molecule has 0 N–H and O–H groups in total. The van der Waals surface area contributed by atoms with Crippen LogP contribution in [0.25, 0.3) is 6.08 Å². The fourth-order valence-corrected chi connectivity index (χ4v) is 4.24. The molecule has 0 bridgehead atoms. The highest BCUT2D eigenvalue weighted by atomic mass is 32.2. The summed E-state index contributed by atoms with van der Waals surface area (Å²) in [6.45, 7) is 6.36. The summed E-state index contributed by atoms with van der Waals surface area (Å²) >= 11 is 6.85. The Morgan fingerprint density at radius 2 is 1.60 bits per heavy atom. The van der Waals surface area contributed by atoms with Crippen LogP contribution < -0.4 is 0 Å². The third-order valence-electron chi connectivity index (χ3n) is 4.39. The summed E-state index contributed by atoms with van der Waals surface area (Å²) in [6.07, 6.45) is 1.93. The minimum absolute atomic E-state index is 0.0145. The van der Waals surface area contributed by atoms with Crippen LogP contribution in [0.3, 0.4) is 0 Å². The van der Waals surface area contributed by atoms with Gasteiger partial charge < -0.3 is 0 Å². The van der Waals surface area contributed by atoms with Crippen LogP contribution in [-0.4, -0.2) is 15.1 Å². The van der Waals surface area contributed by atoms with Crippen molar-refractivity contribution in [2.45, 2.75) is 32.7 Å². The summed E-state index contributed by atoms with van der Waals surface area (Å²) in [5, 5.41) is 0. The monoisotopic (exact) mass is 367 g/mol. The van der Waals surface area contributed by atoms with E-state index >= 15 is 0 Å². The van der Waals surface area contributed by atoms with Gasteiger partial charge in [-0.1, -0.05) is 92.4 Å². The molecule has 1 aliphatic rings. The van der Waals surface area contributed by atoms with Crippen LogP contribution in [0.5, 0.6) is 0 Å². The molecule has 0 aromatic heterocycles. The van der Waals surface area contributed by atoms with Gasteiger partial charge in [-0.25, -0.2) is 0 Å². The molecule has 0 spiro atoms. The van der Waals surface area contributed by atoms with Gasteiger partial charge in [0.15, 0.2) is 0 Å². The molecule has 1 unspecified atom stereocenters. The summed E-state index contributed by atoms with van der Waals surface area (Å²) in [4.78, 5) is 15.3. The number of rotatable bonds is 4. The SMILES string of the molecule is CC(C)c1ccc(/C=C2\SC(=S)N(C(C)c3ccccc3)C2=O)cc1. The topological polar surface area (TPSA) is 20.3 Å². The molecular formula is C21H21NOS2. The minimum Gasteiger partial charge on any atom is -0.286 e. The fourth-order valence-electron chi connectivity index (χ4n) is 2.82. The Morgan fingerprint density at radius 3 is 2.20 bits per heavy atom. The molecule has 3 rings (SSSR count). The number of benzene rings is 2. The molecule has 4 heteroatoms. The molecule has 1 atom stereocenters. The predicted octanol–water partition coefficient (Wildman–Crippen LogP) is 5.77. The van der Waals surface area contributed by atoms with E-state index in [9.17, 15) is 4.79 Å². The fraction of sp³-hybridized carbons (Fsp3) is 0.238. The van der Waals surface area contributed by atoms with Crippen LogP contribution in [-0.2, 0) is 4.79 Å². The lowest BCUT2D eigenvalue weighted by Crippen LogP contribution is -2.30. The van der Waals surface area contributed by atoms with E-state index in [1.807, 2.05) is 43.3 Å². The van der Waals surface area contributed by atoms with Crippen LogP contribution >= 0.6 is 24.0 Å². The van der Waals surface area contributed by atoms with Gasteiger partial charge in [0.05, 0.1) is 10.9 Å². The summed E-state index contributed by atoms with van der Waals surface area (Å²) in [5.74, 6) is 0.485. The zero-order valence-electron chi connectivity index (χ0n) is 14.6. The lowest BCUT2D eigenvalue weighted by Gasteiger charge is -2.23. The maximum absolute atomic E-state index is 12.9. The van der Waals surface area contributed by atoms with Gasteiger partial charge >= 0.3 is 0 Å². The summed E-state index contributed by atoms with van der Waals surface area (Å²) in [5.41, 5.74) is 3.40. The highest BCUT2D eigenvalue weighted by Gasteiger charge is 2.35. The minimum atomic E-state index is -0.0667.